The van der Waals surface area contributed by atoms with E-state index in [-0.39, 0.29) is 24.5 Å². The van der Waals surface area contributed by atoms with Gasteiger partial charge in [0.25, 0.3) is 0 Å². The molecule has 0 amide bonds. The molecule has 1 saturated heterocycles. The highest BCUT2D eigenvalue weighted by Crippen LogP contribution is 2.47. The number of rotatable bonds is 5. The van der Waals surface area contributed by atoms with Crippen LogP contribution in [0.15, 0.2) is 0 Å². The van der Waals surface area contributed by atoms with Crippen molar-refractivity contribution in [2.45, 2.75) is 45.4 Å². The van der Waals surface area contributed by atoms with Gasteiger partial charge in [0.05, 0.1) is 18.6 Å². The van der Waals surface area contributed by atoms with Crippen molar-refractivity contribution >= 4 is 0 Å². The summed E-state index contributed by atoms with van der Waals surface area (Å²) in [4.78, 5) is 1.97. The third-order valence-electron chi connectivity index (χ3n) is 3.97. The SMILES string of the molecule is CC(C)OCC1(CN2CC[C@@H](C(F)(F)F)C2)CC1. The molecule has 0 bridgehead atoms. The Morgan fingerprint density at radius 3 is 2.44 bits per heavy atom. The Kier molecular flexibility index (Phi) is 3.93. The maximum atomic E-state index is 12.6. The monoisotopic (exact) mass is 265 g/mol. The molecule has 0 aromatic rings. The summed E-state index contributed by atoms with van der Waals surface area (Å²) < 4.78 is 43.4. The van der Waals surface area contributed by atoms with E-state index in [1.165, 1.54) is 0 Å². The number of ether oxygens (including phenoxy) is 1. The molecule has 2 rings (SSSR count). The number of halogens is 3. The summed E-state index contributed by atoms with van der Waals surface area (Å²) >= 11 is 0. The van der Waals surface area contributed by atoms with E-state index >= 15 is 0 Å². The van der Waals surface area contributed by atoms with Crippen molar-refractivity contribution in [2.24, 2.45) is 11.3 Å². The molecule has 2 aliphatic rings. The summed E-state index contributed by atoms with van der Waals surface area (Å²) in [6.07, 6.45) is -1.39. The first-order valence-corrected chi connectivity index (χ1v) is 6.71. The van der Waals surface area contributed by atoms with Crippen molar-refractivity contribution in [3.63, 3.8) is 0 Å². The quantitative estimate of drug-likeness (QED) is 0.757. The fourth-order valence-corrected chi connectivity index (χ4v) is 2.59. The predicted molar refractivity (Wildman–Crippen MR) is 63.4 cm³/mol. The van der Waals surface area contributed by atoms with E-state index in [1.54, 1.807) is 0 Å². The molecule has 0 radical (unpaired) electrons. The normalized spacial score (nSPS) is 28.0. The smallest absolute Gasteiger partial charge is 0.378 e. The van der Waals surface area contributed by atoms with Crippen molar-refractivity contribution in [1.82, 2.24) is 4.90 Å². The summed E-state index contributed by atoms with van der Waals surface area (Å²) in [5.74, 6) is -1.13. The van der Waals surface area contributed by atoms with Gasteiger partial charge in [-0.15, -0.1) is 0 Å². The second-order valence-corrected chi connectivity index (χ2v) is 6.12. The maximum absolute atomic E-state index is 12.6. The van der Waals surface area contributed by atoms with Crippen LogP contribution in [-0.4, -0.2) is 43.4 Å². The van der Waals surface area contributed by atoms with Crippen molar-refractivity contribution < 1.29 is 17.9 Å². The first kappa shape index (κ1) is 14.1. The molecular weight excluding hydrogens is 243 g/mol. The van der Waals surface area contributed by atoms with Crippen LogP contribution in [0.3, 0.4) is 0 Å². The zero-order chi connectivity index (χ0) is 13.4. The summed E-state index contributed by atoms with van der Waals surface area (Å²) in [6.45, 7) is 6.20. The molecule has 2 fully saturated rings. The topological polar surface area (TPSA) is 12.5 Å². The van der Waals surface area contributed by atoms with Crippen molar-refractivity contribution in [3.05, 3.63) is 0 Å². The van der Waals surface area contributed by atoms with E-state index in [0.717, 1.165) is 19.4 Å². The molecule has 0 aromatic carbocycles. The third-order valence-corrected chi connectivity index (χ3v) is 3.97. The lowest BCUT2D eigenvalue weighted by Gasteiger charge is -2.24. The molecule has 0 spiro atoms. The van der Waals surface area contributed by atoms with Gasteiger partial charge < -0.3 is 9.64 Å². The van der Waals surface area contributed by atoms with Crippen LogP contribution in [-0.2, 0) is 4.74 Å². The number of nitrogens with zero attached hydrogens (tertiary/aromatic N) is 1. The Labute approximate surface area is 106 Å². The minimum Gasteiger partial charge on any atom is -0.378 e. The van der Waals surface area contributed by atoms with E-state index in [2.05, 4.69) is 0 Å². The third kappa shape index (κ3) is 3.60. The van der Waals surface area contributed by atoms with Gasteiger partial charge in [0.1, 0.15) is 0 Å². The number of hydrogen-bond donors (Lipinski definition) is 0. The molecule has 1 heterocycles. The molecule has 0 N–H and O–H groups in total. The Morgan fingerprint density at radius 1 is 1.33 bits per heavy atom. The lowest BCUT2D eigenvalue weighted by atomic mass is 10.1. The average Bonchev–Trinajstić information content (AvgIpc) is 2.82. The van der Waals surface area contributed by atoms with Crippen LogP contribution in [0.1, 0.15) is 33.1 Å². The van der Waals surface area contributed by atoms with Crippen LogP contribution < -0.4 is 0 Å². The van der Waals surface area contributed by atoms with Gasteiger partial charge in [-0.3, -0.25) is 0 Å². The van der Waals surface area contributed by atoms with Gasteiger partial charge in [0.2, 0.25) is 0 Å². The van der Waals surface area contributed by atoms with E-state index in [1.807, 2.05) is 18.7 Å². The molecule has 1 saturated carbocycles. The zero-order valence-electron chi connectivity index (χ0n) is 11.1. The van der Waals surface area contributed by atoms with Gasteiger partial charge in [0, 0.05) is 18.5 Å². The predicted octanol–water partition coefficient (Wildman–Crippen LogP) is 3.08. The first-order valence-electron chi connectivity index (χ1n) is 6.71. The molecule has 1 aliphatic carbocycles. The minimum atomic E-state index is -4.03. The second kappa shape index (κ2) is 5.00. The van der Waals surface area contributed by atoms with Crippen LogP contribution in [0.4, 0.5) is 13.2 Å². The van der Waals surface area contributed by atoms with Crippen LogP contribution in [0.2, 0.25) is 0 Å². The highest BCUT2D eigenvalue weighted by atomic mass is 19.4. The highest BCUT2D eigenvalue weighted by molar-refractivity contribution is 4.97. The van der Waals surface area contributed by atoms with Crippen molar-refractivity contribution in [3.8, 4) is 0 Å². The maximum Gasteiger partial charge on any atom is 0.393 e. The fourth-order valence-electron chi connectivity index (χ4n) is 2.59. The molecule has 18 heavy (non-hydrogen) atoms. The molecule has 2 nitrogen and oxygen atoms in total. The second-order valence-electron chi connectivity index (χ2n) is 6.12. The van der Waals surface area contributed by atoms with Gasteiger partial charge >= 0.3 is 6.18 Å². The molecule has 0 aromatic heterocycles. The van der Waals surface area contributed by atoms with Crippen LogP contribution >= 0.6 is 0 Å². The van der Waals surface area contributed by atoms with E-state index in [4.69, 9.17) is 4.74 Å². The Balaban J connectivity index is 1.78. The lowest BCUT2D eigenvalue weighted by molar-refractivity contribution is -0.170. The fraction of sp³-hybridized carbons (Fsp3) is 1.00. The number of likely N-dealkylation sites (tertiary alicyclic amines) is 1. The summed E-state index contributed by atoms with van der Waals surface area (Å²) in [5, 5.41) is 0. The summed E-state index contributed by atoms with van der Waals surface area (Å²) in [5.41, 5.74) is 0.144. The van der Waals surface area contributed by atoms with E-state index in [9.17, 15) is 13.2 Å². The highest BCUT2D eigenvalue weighted by Gasteiger charge is 2.48. The van der Waals surface area contributed by atoms with Crippen molar-refractivity contribution in [2.75, 3.05) is 26.2 Å². The lowest BCUT2D eigenvalue weighted by Crippen LogP contribution is -2.33. The Hall–Kier alpha value is -0.290. The van der Waals surface area contributed by atoms with Gasteiger partial charge in [-0.1, -0.05) is 0 Å². The number of hydrogen-bond acceptors (Lipinski definition) is 2. The average molecular weight is 265 g/mol. The van der Waals surface area contributed by atoms with Gasteiger partial charge in [-0.2, -0.15) is 13.2 Å². The van der Waals surface area contributed by atoms with Gasteiger partial charge in [-0.05, 0) is 39.7 Å². The molecule has 106 valence electrons. The van der Waals surface area contributed by atoms with Crippen LogP contribution in [0, 0.1) is 11.3 Å². The number of alkyl halides is 3. The van der Waals surface area contributed by atoms with E-state index < -0.39 is 12.1 Å². The molecule has 0 unspecified atom stereocenters. The summed E-state index contributed by atoms with van der Waals surface area (Å²) in [6, 6.07) is 0. The molecule has 5 heteroatoms. The Bertz CT molecular complexity index is 286. The van der Waals surface area contributed by atoms with Crippen LogP contribution in [0.25, 0.3) is 0 Å². The standard InChI is InChI=1S/C13H22F3NO/c1-10(2)18-9-12(4-5-12)8-17-6-3-11(7-17)13(14,15)16/h10-11H,3-9H2,1-2H3/t11-/m1/s1. The molecule has 1 aliphatic heterocycles. The minimum absolute atomic E-state index is 0.144. The van der Waals surface area contributed by atoms with Gasteiger partial charge in [-0.25, -0.2) is 0 Å². The van der Waals surface area contributed by atoms with Gasteiger partial charge in [0.15, 0.2) is 0 Å². The largest absolute Gasteiger partial charge is 0.393 e. The van der Waals surface area contributed by atoms with E-state index in [0.29, 0.717) is 13.2 Å². The van der Waals surface area contributed by atoms with Crippen molar-refractivity contribution in [1.29, 1.82) is 0 Å². The molecule has 1 atom stereocenters. The zero-order valence-corrected chi connectivity index (χ0v) is 11.1. The Morgan fingerprint density at radius 2 is 2.00 bits per heavy atom. The summed E-state index contributed by atoms with van der Waals surface area (Å²) in [7, 11) is 0. The molecular formula is C13H22F3NO. The first-order chi connectivity index (χ1) is 8.31. The van der Waals surface area contributed by atoms with Crippen LogP contribution in [0.5, 0.6) is 0 Å².